The van der Waals surface area contributed by atoms with E-state index in [0.717, 1.165) is 16.4 Å². The second-order valence-corrected chi connectivity index (χ2v) is 5.85. The molecule has 0 N–H and O–H groups in total. The largest absolute Gasteiger partial charge is 0.261 e. The summed E-state index contributed by atoms with van der Waals surface area (Å²) in [6, 6.07) is 9.82. The zero-order valence-corrected chi connectivity index (χ0v) is 13.6. The molecule has 0 saturated heterocycles. The molecular formula is C17H23ClN2. The minimum atomic E-state index is 0.457. The minimum absolute atomic E-state index is 0.457. The summed E-state index contributed by atoms with van der Waals surface area (Å²) < 4.78 is 0. The molecule has 0 aliphatic heterocycles. The van der Waals surface area contributed by atoms with Gasteiger partial charge in [-0.15, -0.1) is 0 Å². The smallest absolute Gasteiger partial charge is 0.0443 e. The van der Waals surface area contributed by atoms with Crippen LogP contribution >= 0.6 is 11.6 Å². The summed E-state index contributed by atoms with van der Waals surface area (Å²) in [7, 11) is 0. The van der Waals surface area contributed by atoms with Crippen LogP contribution in [0.4, 0.5) is 0 Å². The maximum atomic E-state index is 5.75. The van der Waals surface area contributed by atoms with E-state index in [1.807, 2.05) is 19.1 Å². The van der Waals surface area contributed by atoms with Crippen LogP contribution in [0.15, 0.2) is 36.5 Å². The number of hydrogen-bond donors (Lipinski definition) is 0. The first-order valence-corrected chi connectivity index (χ1v) is 7.33. The van der Waals surface area contributed by atoms with Crippen molar-refractivity contribution >= 4 is 11.6 Å². The fourth-order valence-electron chi connectivity index (χ4n) is 1.62. The van der Waals surface area contributed by atoms with Crippen LogP contribution in [-0.2, 0) is 0 Å². The lowest BCUT2D eigenvalue weighted by Crippen LogP contribution is -1.92. The van der Waals surface area contributed by atoms with Gasteiger partial charge in [0.2, 0.25) is 0 Å². The van der Waals surface area contributed by atoms with Gasteiger partial charge in [0.15, 0.2) is 0 Å². The van der Waals surface area contributed by atoms with E-state index in [1.165, 1.54) is 5.69 Å². The Morgan fingerprint density at radius 3 is 2.00 bits per heavy atom. The molecule has 0 unspecified atom stereocenters. The molecular weight excluding hydrogens is 268 g/mol. The van der Waals surface area contributed by atoms with Crippen LogP contribution in [0.5, 0.6) is 0 Å². The highest BCUT2D eigenvalue weighted by Crippen LogP contribution is 2.15. The van der Waals surface area contributed by atoms with E-state index in [2.05, 4.69) is 49.8 Å². The molecule has 0 bridgehead atoms. The molecule has 0 saturated carbocycles. The topological polar surface area (TPSA) is 25.8 Å². The molecule has 2 aromatic heterocycles. The van der Waals surface area contributed by atoms with Crippen molar-refractivity contribution in [3.8, 4) is 0 Å². The highest BCUT2D eigenvalue weighted by Gasteiger charge is 1.99. The Kier molecular flexibility index (Phi) is 6.66. The normalized spacial score (nSPS) is 10.4. The predicted molar refractivity (Wildman–Crippen MR) is 86.4 cm³/mol. The van der Waals surface area contributed by atoms with Crippen LogP contribution in [0.3, 0.4) is 0 Å². The number of aryl methyl sites for hydroxylation is 1. The molecule has 0 spiro atoms. The standard InChI is InChI=1S/C9H13N.C8H10ClN/c1-7(2)9-6-4-5-8(3)10-9;1-6(2)8-5-7(9)3-4-10-8/h4-7H,1-3H3;3-6H,1-2H3. The van der Waals surface area contributed by atoms with Gasteiger partial charge < -0.3 is 0 Å². The monoisotopic (exact) mass is 290 g/mol. The predicted octanol–water partition coefficient (Wildman–Crippen LogP) is 5.37. The van der Waals surface area contributed by atoms with Crippen molar-refractivity contribution < 1.29 is 0 Å². The van der Waals surface area contributed by atoms with Crippen molar-refractivity contribution in [2.45, 2.75) is 46.5 Å². The Morgan fingerprint density at radius 1 is 0.950 bits per heavy atom. The van der Waals surface area contributed by atoms with Gasteiger partial charge in [0.25, 0.3) is 0 Å². The van der Waals surface area contributed by atoms with Crippen molar-refractivity contribution in [1.82, 2.24) is 9.97 Å². The minimum Gasteiger partial charge on any atom is -0.261 e. The molecule has 2 aromatic rings. The fraction of sp³-hybridized carbons (Fsp3) is 0.412. The first-order valence-electron chi connectivity index (χ1n) is 6.95. The fourth-order valence-corrected chi connectivity index (χ4v) is 1.79. The van der Waals surface area contributed by atoms with Gasteiger partial charge in [0.1, 0.15) is 0 Å². The van der Waals surface area contributed by atoms with E-state index in [0.29, 0.717) is 11.8 Å². The maximum absolute atomic E-state index is 5.75. The Morgan fingerprint density at radius 2 is 1.60 bits per heavy atom. The molecule has 2 nitrogen and oxygen atoms in total. The van der Waals surface area contributed by atoms with Crippen LogP contribution in [0.2, 0.25) is 5.02 Å². The van der Waals surface area contributed by atoms with Crippen LogP contribution in [0.1, 0.15) is 56.6 Å². The van der Waals surface area contributed by atoms with Gasteiger partial charge in [-0.1, -0.05) is 45.4 Å². The molecule has 0 aromatic carbocycles. The Balaban J connectivity index is 0.000000200. The summed E-state index contributed by atoms with van der Waals surface area (Å²) >= 11 is 5.75. The number of hydrogen-bond acceptors (Lipinski definition) is 2. The van der Waals surface area contributed by atoms with Gasteiger partial charge in [-0.2, -0.15) is 0 Å². The molecule has 2 heterocycles. The Labute approximate surface area is 127 Å². The van der Waals surface area contributed by atoms with Crippen LogP contribution in [-0.4, -0.2) is 9.97 Å². The summed E-state index contributed by atoms with van der Waals surface area (Å²) in [5, 5.41) is 0.763. The number of nitrogens with zero attached hydrogens (tertiary/aromatic N) is 2. The van der Waals surface area contributed by atoms with E-state index >= 15 is 0 Å². The third-order valence-electron chi connectivity index (χ3n) is 2.84. The summed E-state index contributed by atoms with van der Waals surface area (Å²) in [5.41, 5.74) is 3.33. The summed E-state index contributed by atoms with van der Waals surface area (Å²) in [6.07, 6.45) is 1.73. The summed E-state index contributed by atoms with van der Waals surface area (Å²) in [6.45, 7) is 10.5. The van der Waals surface area contributed by atoms with Crippen LogP contribution in [0.25, 0.3) is 0 Å². The molecule has 20 heavy (non-hydrogen) atoms. The Bertz CT molecular complexity index is 487. The zero-order valence-electron chi connectivity index (χ0n) is 12.9. The second-order valence-electron chi connectivity index (χ2n) is 5.41. The molecule has 0 aliphatic carbocycles. The third-order valence-corrected chi connectivity index (χ3v) is 3.07. The third kappa shape index (κ3) is 5.70. The van der Waals surface area contributed by atoms with Crippen molar-refractivity contribution in [3.63, 3.8) is 0 Å². The van der Waals surface area contributed by atoms with Crippen LogP contribution < -0.4 is 0 Å². The lowest BCUT2D eigenvalue weighted by atomic mass is 10.1. The highest BCUT2D eigenvalue weighted by molar-refractivity contribution is 6.30. The SMILES string of the molecule is CC(C)c1cc(Cl)ccn1.Cc1cccc(C(C)C)n1. The highest BCUT2D eigenvalue weighted by atomic mass is 35.5. The van der Waals surface area contributed by atoms with Gasteiger partial charge in [-0.25, -0.2) is 0 Å². The van der Waals surface area contributed by atoms with E-state index in [-0.39, 0.29) is 0 Å². The van der Waals surface area contributed by atoms with Crippen molar-refractivity contribution in [2.24, 2.45) is 0 Å². The Hall–Kier alpha value is -1.41. The zero-order chi connectivity index (χ0) is 15.1. The van der Waals surface area contributed by atoms with Crippen molar-refractivity contribution in [2.75, 3.05) is 0 Å². The van der Waals surface area contributed by atoms with Crippen LogP contribution in [0, 0.1) is 6.92 Å². The molecule has 0 amide bonds. The van der Waals surface area contributed by atoms with Gasteiger partial charge in [0.05, 0.1) is 0 Å². The molecule has 0 atom stereocenters. The molecule has 3 heteroatoms. The van der Waals surface area contributed by atoms with Crippen molar-refractivity contribution in [3.05, 3.63) is 58.6 Å². The lowest BCUT2D eigenvalue weighted by molar-refractivity contribution is 0.815. The maximum Gasteiger partial charge on any atom is 0.0443 e. The summed E-state index contributed by atoms with van der Waals surface area (Å²) in [5.74, 6) is 0.999. The quantitative estimate of drug-likeness (QED) is 0.743. The lowest BCUT2D eigenvalue weighted by Gasteiger charge is -2.03. The molecule has 0 aliphatic rings. The van der Waals surface area contributed by atoms with E-state index in [1.54, 1.807) is 12.3 Å². The first-order chi connectivity index (χ1) is 9.40. The molecule has 0 radical (unpaired) electrons. The average molecular weight is 291 g/mol. The van der Waals surface area contributed by atoms with Gasteiger partial charge in [-0.05, 0) is 43.0 Å². The van der Waals surface area contributed by atoms with Gasteiger partial charge >= 0.3 is 0 Å². The molecule has 0 fully saturated rings. The first kappa shape index (κ1) is 16.6. The number of rotatable bonds is 2. The van der Waals surface area contributed by atoms with Gasteiger partial charge in [-0.3, -0.25) is 9.97 Å². The average Bonchev–Trinajstić information content (AvgIpc) is 2.39. The second kappa shape index (κ2) is 8.01. The van der Waals surface area contributed by atoms with Gasteiger partial charge in [0, 0.05) is 28.3 Å². The molecule has 2 rings (SSSR count). The van der Waals surface area contributed by atoms with E-state index in [9.17, 15) is 0 Å². The number of aromatic nitrogens is 2. The van der Waals surface area contributed by atoms with E-state index in [4.69, 9.17) is 11.6 Å². The summed E-state index contributed by atoms with van der Waals surface area (Å²) in [4.78, 5) is 8.53. The number of pyridine rings is 2. The van der Waals surface area contributed by atoms with Crippen molar-refractivity contribution in [1.29, 1.82) is 0 Å². The number of halogens is 1. The van der Waals surface area contributed by atoms with E-state index < -0.39 is 0 Å². The molecule has 108 valence electrons.